The van der Waals surface area contributed by atoms with E-state index in [1.54, 1.807) is 0 Å². The Kier molecular flexibility index (Phi) is 10.7. The minimum Gasteiger partial charge on any atom is -0.459 e. The second-order valence-electron chi connectivity index (χ2n) is 9.74. The molecule has 12 nitrogen and oxygen atoms in total. The van der Waals surface area contributed by atoms with Crippen molar-refractivity contribution in [3.05, 3.63) is 17.7 Å². The van der Waals surface area contributed by atoms with E-state index >= 15 is 0 Å². The van der Waals surface area contributed by atoms with Crippen LogP contribution < -0.4 is 5.32 Å². The van der Waals surface area contributed by atoms with Crippen molar-refractivity contribution in [2.24, 2.45) is 11.3 Å². The first-order valence-corrected chi connectivity index (χ1v) is 13.8. The quantitative estimate of drug-likeness (QED) is 0.217. The van der Waals surface area contributed by atoms with Crippen LogP contribution in [0.5, 0.6) is 0 Å². The Bertz CT molecular complexity index is 981. The van der Waals surface area contributed by atoms with E-state index < -0.39 is 54.0 Å². The maximum Gasteiger partial charge on any atom is 0.338 e. The minimum absolute atomic E-state index is 0.159. The fourth-order valence-corrected chi connectivity index (χ4v) is 5.62. The standard InChI is InChI=1S/C25H37N3O9S/c1-4-9-14(13-25(10-7-8-11-25)23(34)26-24-28-27-15(6-3)38-24)20(32)37-22-18(31)16(29)17(30)19(36-22)21(33)35-12-5-2/h5,14,16-19,22,29-31H,2,4,6-13H2,1,3H3,(H,26,28,34)/t14-,16+,17+,18-,19+,22+/m1/s1. The molecule has 1 amide bonds. The van der Waals surface area contributed by atoms with Crippen LogP contribution in [0.25, 0.3) is 0 Å². The van der Waals surface area contributed by atoms with Crippen LogP contribution >= 0.6 is 11.3 Å². The van der Waals surface area contributed by atoms with Crippen LogP contribution in [-0.2, 0) is 35.0 Å². The summed E-state index contributed by atoms with van der Waals surface area (Å²) in [6.07, 6.45) is -2.68. The number of carbonyl (C=O) groups excluding carboxylic acids is 3. The number of nitrogens with zero attached hydrogens (tertiary/aromatic N) is 2. The van der Waals surface area contributed by atoms with Gasteiger partial charge in [-0.25, -0.2) is 4.79 Å². The fraction of sp³-hybridized carbons (Fsp3) is 0.720. The number of aliphatic hydroxyl groups excluding tert-OH is 3. The molecule has 6 atom stereocenters. The zero-order valence-corrected chi connectivity index (χ0v) is 22.5. The number of aryl methyl sites for hydroxylation is 1. The summed E-state index contributed by atoms with van der Waals surface area (Å²) < 4.78 is 15.7. The first-order chi connectivity index (χ1) is 18.2. The molecule has 0 unspecified atom stereocenters. The summed E-state index contributed by atoms with van der Waals surface area (Å²) in [7, 11) is 0. The van der Waals surface area contributed by atoms with Gasteiger partial charge in [0.2, 0.25) is 17.3 Å². The molecule has 1 aromatic rings. The molecule has 1 aliphatic carbocycles. The average Bonchev–Trinajstić information content (AvgIpc) is 3.57. The number of anilines is 1. The maximum absolute atomic E-state index is 13.4. The number of amides is 1. The third-order valence-corrected chi connectivity index (χ3v) is 8.00. The summed E-state index contributed by atoms with van der Waals surface area (Å²) in [5, 5.41) is 43.0. The summed E-state index contributed by atoms with van der Waals surface area (Å²) in [6.45, 7) is 7.12. The molecule has 38 heavy (non-hydrogen) atoms. The molecule has 2 aliphatic rings. The SMILES string of the molecule is C=CCOC(=O)[C@H]1O[C@@H](OC(=O)[C@H](CCC)CC2(C(=O)Nc3nnc(CC)s3)CCCC2)[C@H](O)[C@@H](O)[C@@H]1O. The van der Waals surface area contributed by atoms with Gasteiger partial charge in [-0.2, -0.15) is 0 Å². The summed E-state index contributed by atoms with van der Waals surface area (Å²) in [4.78, 5) is 39.0. The van der Waals surface area contributed by atoms with Gasteiger partial charge in [-0.3, -0.25) is 9.59 Å². The molecule has 1 aromatic heterocycles. The lowest BCUT2D eigenvalue weighted by molar-refractivity contribution is -0.288. The Morgan fingerprint density at radius 2 is 1.89 bits per heavy atom. The van der Waals surface area contributed by atoms with E-state index in [-0.39, 0.29) is 18.9 Å². The van der Waals surface area contributed by atoms with Crippen molar-refractivity contribution in [3.8, 4) is 0 Å². The predicted molar refractivity (Wildman–Crippen MR) is 136 cm³/mol. The van der Waals surface area contributed by atoms with Gasteiger partial charge < -0.3 is 34.8 Å². The minimum atomic E-state index is -1.82. The van der Waals surface area contributed by atoms with Gasteiger partial charge in [-0.15, -0.1) is 10.2 Å². The highest BCUT2D eigenvalue weighted by atomic mass is 32.1. The molecule has 0 aromatic carbocycles. The largest absolute Gasteiger partial charge is 0.459 e. The fourth-order valence-electron chi connectivity index (χ4n) is 4.95. The van der Waals surface area contributed by atoms with E-state index in [4.69, 9.17) is 14.2 Å². The molecule has 0 radical (unpaired) electrons. The molecule has 212 valence electrons. The Hall–Kier alpha value is -2.45. The van der Waals surface area contributed by atoms with Crippen molar-refractivity contribution < 1.29 is 43.9 Å². The van der Waals surface area contributed by atoms with E-state index in [1.807, 2.05) is 13.8 Å². The summed E-state index contributed by atoms with van der Waals surface area (Å²) in [5.74, 6) is -2.67. The van der Waals surface area contributed by atoms with Gasteiger partial charge in [0, 0.05) is 0 Å². The smallest absolute Gasteiger partial charge is 0.338 e. The van der Waals surface area contributed by atoms with E-state index in [1.165, 1.54) is 17.4 Å². The number of rotatable bonds is 12. The third-order valence-electron chi connectivity index (χ3n) is 7.02. The Morgan fingerprint density at radius 3 is 2.50 bits per heavy atom. The van der Waals surface area contributed by atoms with Crippen LogP contribution in [-0.4, -0.2) is 80.7 Å². The van der Waals surface area contributed by atoms with Crippen molar-refractivity contribution in [2.75, 3.05) is 11.9 Å². The van der Waals surface area contributed by atoms with Crippen LogP contribution in [0.1, 0.15) is 63.8 Å². The number of ether oxygens (including phenoxy) is 3. The van der Waals surface area contributed by atoms with Gasteiger partial charge in [0.05, 0.1) is 11.3 Å². The molecule has 1 saturated carbocycles. The Morgan fingerprint density at radius 1 is 1.18 bits per heavy atom. The van der Waals surface area contributed by atoms with Crippen LogP contribution in [0.15, 0.2) is 12.7 Å². The number of aliphatic hydroxyl groups is 3. The van der Waals surface area contributed by atoms with Crippen molar-refractivity contribution in [3.63, 3.8) is 0 Å². The first-order valence-electron chi connectivity index (χ1n) is 13.0. The first kappa shape index (κ1) is 30.1. The van der Waals surface area contributed by atoms with E-state index in [0.29, 0.717) is 37.2 Å². The Balaban J connectivity index is 1.73. The van der Waals surface area contributed by atoms with Crippen LogP contribution in [0.3, 0.4) is 0 Å². The van der Waals surface area contributed by atoms with Gasteiger partial charge in [0.15, 0.2) is 6.10 Å². The van der Waals surface area contributed by atoms with Crippen molar-refractivity contribution in [2.45, 2.75) is 95.9 Å². The van der Waals surface area contributed by atoms with Crippen LogP contribution in [0.4, 0.5) is 5.13 Å². The lowest BCUT2D eigenvalue weighted by Crippen LogP contribution is -2.61. The number of hydrogen-bond donors (Lipinski definition) is 4. The van der Waals surface area contributed by atoms with Crippen molar-refractivity contribution in [1.82, 2.24) is 10.2 Å². The normalized spacial score (nSPS) is 27.3. The lowest BCUT2D eigenvalue weighted by Gasteiger charge is -2.39. The van der Waals surface area contributed by atoms with E-state index in [0.717, 1.165) is 17.8 Å². The second kappa shape index (κ2) is 13.6. The molecule has 1 saturated heterocycles. The summed E-state index contributed by atoms with van der Waals surface area (Å²) >= 11 is 1.31. The maximum atomic E-state index is 13.4. The lowest BCUT2D eigenvalue weighted by atomic mass is 9.75. The van der Waals surface area contributed by atoms with E-state index in [2.05, 4.69) is 22.1 Å². The molecule has 3 rings (SSSR count). The van der Waals surface area contributed by atoms with Gasteiger partial charge in [-0.1, -0.05) is 57.1 Å². The topological polar surface area (TPSA) is 177 Å². The second-order valence-corrected chi connectivity index (χ2v) is 10.8. The van der Waals surface area contributed by atoms with Crippen molar-refractivity contribution >= 4 is 34.3 Å². The van der Waals surface area contributed by atoms with Crippen molar-refractivity contribution in [1.29, 1.82) is 0 Å². The molecule has 4 N–H and O–H groups in total. The molecule has 0 bridgehead atoms. The number of nitrogens with one attached hydrogen (secondary N) is 1. The molecule has 2 heterocycles. The number of hydrogen-bond acceptors (Lipinski definition) is 12. The average molecular weight is 556 g/mol. The zero-order valence-electron chi connectivity index (χ0n) is 21.7. The summed E-state index contributed by atoms with van der Waals surface area (Å²) in [5.41, 5.74) is -0.810. The Labute approximate surface area is 225 Å². The zero-order chi connectivity index (χ0) is 27.9. The highest BCUT2D eigenvalue weighted by molar-refractivity contribution is 7.15. The molecule has 0 spiro atoms. The highest BCUT2D eigenvalue weighted by Gasteiger charge is 2.50. The molecular weight excluding hydrogens is 518 g/mol. The van der Waals surface area contributed by atoms with Crippen LogP contribution in [0.2, 0.25) is 0 Å². The molecular formula is C25H37N3O9S. The van der Waals surface area contributed by atoms with Crippen LogP contribution in [0, 0.1) is 11.3 Å². The van der Waals surface area contributed by atoms with Gasteiger partial charge in [-0.05, 0) is 32.1 Å². The molecule has 1 aliphatic heterocycles. The molecule has 2 fully saturated rings. The number of esters is 2. The number of carbonyl (C=O) groups is 3. The van der Waals surface area contributed by atoms with Gasteiger partial charge in [0.1, 0.15) is 29.9 Å². The molecule has 13 heteroatoms. The van der Waals surface area contributed by atoms with Gasteiger partial charge >= 0.3 is 11.9 Å². The highest BCUT2D eigenvalue weighted by Crippen LogP contribution is 2.45. The summed E-state index contributed by atoms with van der Waals surface area (Å²) in [6, 6.07) is 0. The van der Waals surface area contributed by atoms with E-state index in [9.17, 15) is 29.7 Å². The predicted octanol–water partition coefficient (Wildman–Crippen LogP) is 1.49. The number of aromatic nitrogens is 2. The van der Waals surface area contributed by atoms with Gasteiger partial charge in [0.25, 0.3) is 0 Å². The third kappa shape index (κ3) is 6.94. The monoisotopic (exact) mass is 555 g/mol.